The van der Waals surface area contributed by atoms with E-state index in [0.29, 0.717) is 31.3 Å². The van der Waals surface area contributed by atoms with E-state index in [0.717, 1.165) is 23.4 Å². The molecule has 0 aliphatic carbocycles. The Bertz CT molecular complexity index is 1140. The molecular formula is C24H26N2O5S. The Kier molecular flexibility index (Phi) is 6.62. The summed E-state index contributed by atoms with van der Waals surface area (Å²) in [6, 6.07) is 16.5. The molecule has 1 atom stereocenters. The minimum Gasteiger partial charge on any atom is -0.493 e. The molecule has 2 heterocycles. The fraction of sp³-hybridized carbons (Fsp3) is 0.292. The highest BCUT2D eigenvalue weighted by Gasteiger charge is 2.21. The first kappa shape index (κ1) is 22.1. The predicted molar refractivity (Wildman–Crippen MR) is 122 cm³/mol. The fourth-order valence-corrected chi connectivity index (χ4v) is 4.22. The number of nitrogens with zero attached hydrogens (tertiary/aromatic N) is 2. The summed E-state index contributed by atoms with van der Waals surface area (Å²) in [5, 5.41) is 0. The highest BCUT2D eigenvalue weighted by molar-refractivity contribution is 7.90. The Labute approximate surface area is 188 Å². The Balaban J connectivity index is 1.72. The summed E-state index contributed by atoms with van der Waals surface area (Å²) < 4.78 is 40.9. The van der Waals surface area contributed by atoms with Crippen molar-refractivity contribution >= 4 is 21.2 Å². The zero-order valence-corrected chi connectivity index (χ0v) is 18.9. The third kappa shape index (κ3) is 5.20. The lowest BCUT2D eigenvalue weighted by atomic mass is 10.1. The van der Waals surface area contributed by atoms with E-state index in [1.54, 1.807) is 25.4 Å². The quantitative estimate of drug-likeness (QED) is 0.509. The molecule has 0 N–H and O–H groups in total. The summed E-state index contributed by atoms with van der Waals surface area (Å²) in [7, 11) is -1.66. The number of pyridine rings is 1. The van der Waals surface area contributed by atoms with Crippen molar-refractivity contribution in [2.75, 3.05) is 31.5 Å². The maximum absolute atomic E-state index is 11.9. The molecule has 1 aliphatic heterocycles. The minimum atomic E-state index is -3.27. The molecule has 32 heavy (non-hydrogen) atoms. The van der Waals surface area contributed by atoms with Gasteiger partial charge in [-0.2, -0.15) is 0 Å². The number of methoxy groups -OCH3 is 1. The van der Waals surface area contributed by atoms with Gasteiger partial charge in [-0.1, -0.05) is 6.07 Å². The maximum Gasteiger partial charge on any atom is 0.175 e. The molecule has 1 aliphatic rings. The molecule has 1 saturated heterocycles. The van der Waals surface area contributed by atoms with Gasteiger partial charge < -0.3 is 19.1 Å². The van der Waals surface area contributed by atoms with E-state index in [-0.39, 0.29) is 11.0 Å². The lowest BCUT2D eigenvalue weighted by Crippen LogP contribution is -2.19. The van der Waals surface area contributed by atoms with Crippen LogP contribution in [0, 0.1) is 0 Å². The van der Waals surface area contributed by atoms with E-state index in [4.69, 9.17) is 14.2 Å². The van der Waals surface area contributed by atoms with E-state index in [9.17, 15) is 8.42 Å². The predicted octanol–water partition coefficient (Wildman–Crippen LogP) is 4.00. The monoisotopic (exact) mass is 454 g/mol. The molecule has 7 nitrogen and oxygen atoms in total. The van der Waals surface area contributed by atoms with Gasteiger partial charge in [-0.25, -0.2) is 8.42 Å². The summed E-state index contributed by atoms with van der Waals surface area (Å²) >= 11 is 0. The van der Waals surface area contributed by atoms with Crippen LogP contribution in [-0.2, 0) is 21.1 Å². The lowest BCUT2D eigenvalue weighted by Gasteiger charge is -2.26. The molecule has 0 unspecified atom stereocenters. The molecule has 1 fully saturated rings. The smallest absolute Gasteiger partial charge is 0.175 e. The zero-order chi connectivity index (χ0) is 22.6. The number of hydrogen-bond acceptors (Lipinski definition) is 7. The average molecular weight is 455 g/mol. The van der Waals surface area contributed by atoms with Gasteiger partial charge in [0.2, 0.25) is 0 Å². The number of rotatable bonds is 8. The molecule has 0 spiro atoms. The van der Waals surface area contributed by atoms with Crippen LogP contribution in [0.5, 0.6) is 11.5 Å². The van der Waals surface area contributed by atoms with Crippen molar-refractivity contribution in [3.63, 3.8) is 0 Å². The van der Waals surface area contributed by atoms with Gasteiger partial charge in [-0.15, -0.1) is 0 Å². The van der Waals surface area contributed by atoms with Gasteiger partial charge in [0.1, 0.15) is 6.10 Å². The summed E-state index contributed by atoms with van der Waals surface area (Å²) in [4.78, 5) is 6.58. The number of benzene rings is 2. The van der Waals surface area contributed by atoms with Crippen LogP contribution in [0.25, 0.3) is 0 Å². The highest BCUT2D eigenvalue weighted by Crippen LogP contribution is 2.37. The average Bonchev–Trinajstić information content (AvgIpc) is 3.31. The van der Waals surface area contributed by atoms with Gasteiger partial charge in [-0.05, 0) is 48.0 Å². The normalized spacial score (nSPS) is 16.0. The van der Waals surface area contributed by atoms with E-state index in [2.05, 4.69) is 9.88 Å². The van der Waals surface area contributed by atoms with E-state index < -0.39 is 9.84 Å². The van der Waals surface area contributed by atoms with Gasteiger partial charge in [0.05, 0.1) is 25.2 Å². The Morgan fingerprint density at radius 2 is 1.88 bits per heavy atom. The van der Waals surface area contributed by atoms with Gasteiger partial charge in [0.15, 0.2) is 21.3 Å². The Morgan fingerprint density at radius 1 is 1.09 bits per heavy atom. The number of sulfone groups is 1. The van der Waals surface area contributed by atoms with Gasteiger partial charge in [-0.3, -0.25) is 4.98 Å². The SMILES string of the molecule is COc1ccc(N(Cc2cccnc2)c2ccc(S(C)(=O)=O)cc2)cc1O[C@@H]1CCOC1. The van der Waals surface area contributed by atoms with Gasteiger partial charge in [0, 0.05) is 49.1 Å². The van der Waals surface area contributed by atoms with Crippen LogP contribution < -0.4 is 14.4 Å². The van der Waals surface area contributed by atoms with Crippen molar-refractivity contribution in [2.45, 2.75) is 24.0 Å². The van der Waals surface area contributed by atoms with Gasteiger partial charge in [0.25, 0.3) is 0 Å². The van der Waals surface area contributed by atoms with Crippen molar-refractivity contribution in [2.24, 2.45) is 0 Å². The second kappa shape index (κ2) is 9.58. The van der Waals surface area contributed by atoms with E-state index >= 15 is 0 Å². The van der Waals surface area contributed by atoms with Crippen molar-refractivity contribution in [3.8, 4) is 11.5 Å². The van der Waals surface area contributed by atoms with Crippen molar-refractivity contribution in [1.29, 1.82) is 0 Å². The minimum absolute atomic E-state index is 0.0139. The molecule has 4 rings (SSSR count). The molecule has 168 valence electrons. The first-order chi connectivity index (χ1) is 15.4. The summed E-state index contributed by atoms with van der Waals surface area (Å²) in [5.41, 5.74) is 2.75. The zero-order valence-electron chi connectivity index (χ0n) is 18.1. The molecule has 8 heteroatoms. The highest BCUT2D eigenvalue weighted by atomic mass is 32.2. The van der Waals surface area contributed by atoms with Crippen LogP contribution in [0.3, 0.4) is 0 Å². The standard InChI is InChI=1S/C24H26N2O5S/c1-29-23-10-7-20(14-24(23)31-21-11-13-30-17-21)26(16-18-4-3-12-25-15-18)19-5-8-22(9-6-19)32(2,27)28/h3-10,12,14-15,21H,11,13,16-17H2,1-2H3/t21-/m1/s1. The third-order valence-electron chi connectivity index (χ3n) is 5.28. The van der Waals surface area contributed by atoms with Crippen LogP contribution in [0.2, 0.25) is 0 Å². The van der Waals surface area contributed by atoms with Crippen LogP contribution in [0.1, 0.15) is 12.0 Å². The number of anilines is 2. The van der Waals surface area contributed by atoms with Crippen LogP contribution in [0.4, 0.5) is 11.4 Å². The molecule has 0 bridgehead atoms. The Hall–Kier alpha value is -3.10. The van der Waals surface area contributed by atoms with E-state index in [1.807, 2.05) is 48.7 Å². The Morgan fingerprint density at radius 3 is 2.50 bits per heavy atom. The van der Waals surface area contributed by atoms with Crippen molar-refractivity contribution in [3.05, 3.63) is 72.6 Å². The molecule has 2 aromatic carbocycles. The first-order valence-electron chi connectivity index (χ1n) is 10.3. The fourth-order valence-electron chi connectivity index (χ4n) is 3.59. The molecule has 0 amide bonds. The van der Waals surface area contributed by atoms with Crippen LogP contribution in [0.15, 0.2) is 71.9 Å². The number of ether oxygens (including phenoxy) is 3. The lowest BCUT2D eigenvalue weighted by molar-refractivity contribution is 0.138. The molecule has 3 aromatic rings. The topological polar surface area (TPSA) is 78.0 Å². The number of hydrogen-bond donors (Lipinski definition) is 0. The van der Waals surface area contributed by atoms with Crippen molar-refractivity contribution in [1.82, 2.24) is 4.98 Å². The second-order valence-electron chi connectivity index (χ2n) is 7.65. The van der Waals surface area contributed by atoms with E-state index in [1.165, 1.54) is 6.26 Å². The summed E-state index contributed by atoms with van der Waals surface area (Å²) in [6.45, 7) is 1.79. The number of aromatic nitrogens is 1. The molecule has 1 aromatic heterocycles. The third-order valence-corrected chi connectivity index (χ3v) is 6.41. The van der Waals surface area contributed by atoms with Crippen LogP contribution in [-0.4, -0.2) is 46.1 Å². The van der Waals surface area contributed by atoms with Crippen LogP contribution >= 0.6 is 0 Å². The molecule has 0 radical (unpaired) electrons. The molecule has 0 saturated carbocycles. The van der Waals surface area contributed by atoms with Crippen molar-refractivity contribution < 1.29 is 22.6 Å². The van der Waals surface area contributed by atoms with Gasteiger partial charge >= 0.3 is 0 Å². The molecular weight excluding hydrogens is 428 g/mol. The maximum atomic E-state index is 11.9. The first-order valence-corrected chi connectivity index (χ1v) is 12.2. The second-order valence-corrected chi connectivity index (χ2v) is 9.67. The summed E-state index contributed by atoms with van der Waals surface area (Å²) in [5.74, 6) is 1.29. The summed E-state index contributed by atoms with van der Waals surface area (Å²) in [6.07, 6.45) is 5.57. The largest absolute Gasteiger partial charge is 0.493 e.